The molecule has 0 bridgehead atoms. The summed E-state index contributed by atoms with van der Waals surface area (Å²) in [6.45, 7) is 0. The van der Waals surface area contributed by atoms with Gasteiger partial charge in [-0.2, -0.15) is 0 Å². The molecule has 0 fully saturated rings. The van der Waals surface area contributed by atoms with Crippen molar-refractivity contribution in [3.8, 4) is 5.75 Å². The Hall–Kier alpha value is -2.60. The third kappa shape index (κ3) is 3.29. The second-order valence-electron chi connectivity index (χ2n) is 4.12. The van der Waals surface area contributed by atoms with E-state index in [9.17, 15) is 14.0 Å². The quantitative estimate of drug-likeness (QED) is 0.813. The summed E-state index contributed by atoms with van der Waals surface area (Å²) in [4.78, 5) is 22.8. The van der Waals surface area contributed by atoms with E-state index in [-0.39, 0.29) is 27.6 Å². The lowest BCUT2D eigenvalue weighted by molar-refractivity contribution is 0.0696. The second-order valence-corrected chi connectivity index (χ2v) is 4.53. The van der Waals surface area contributed by atoms with E-state index < -0.39 is 17.7 Å². The summed E-state index contributed by atoms with van der Waals surface area (Å²) in [6.07, 6.45) is 0. The van der Waals surface area contributed by atoms with Crippen LogP contribution in [-0.4, -0.2) is 22.1 Å². The Kier molecular flexibility index (Phi) is 4.09. The highest BCUT2D eigenvalue weighted by molar-refractivity contribution is 6.34. The van der Waals surface area contributed by atoms with Gasteiger partial charge >= 0.3 is 5.97 Å². The lowest BCUT2D eigenvalue weighted by atomic mass is 10.1. The Labute approximate surface area is 123 Å². The highest BCUT2D eigenvalue weighted by atomic mass is 35.5. The molecule has 0 aliphatic rings. The molecule has 7 heteroatoms. The number of phenols is 1. The molecule has 2 aromatic carbocycles. The number of anilines is 1. The van der Waals surface area contributed by atoms with Crippen molar-refractivity contribution in [2.24, 2.45) is 0 Å². The van der Waals surface area contributed by atoms with E-state index in [1.807, 2.05) is 0 Å². The van der Waals surface area contributed by atoms with Crippen molar-refractivity contribution in [3.63, 3.8) is 0 Å². The average Bonchev–Trinajstić information content (AvgIpc) is 2.40. The number of phenolic OH excluding ortho intramolecular Hbond substituents is 1. The van der Waals surface area contributed by atoms with Crippen LogP contribution in [0.25, 0.3) is 0 Å². The van der Waals surface area contributed by atoms with Crippen molar-refractivity contribution in [1.29, 1.82) is 0 Å². The maximum atomic E-state index is 13.6. The van der Waals surface area contributed by atoms with Crippen LogP contribution in [0, 0.1) is 5.82 Å². The zero-order valence-corrected chi connectivity index (χ0v) is 11.2. The topological polar surface area (TPSA) is 86.6 Å². The molecule has 0 aliphatic heterocycles. The minimum atomic E-state index is -1.18. The second kappa shape index (κ2) is 5.80. The number of carboxylic acid groups (broad SMARTS) is 1. The molecule has 1 amide bonds. The molecule has 21 heavy (non-hydrogen) atoms. The number of carbonyl (C=O) groups excluding carboxylic acids is 1. The van der Waals surface area contributed by atoms with Crippen molar-refractivity contribution >= 4 is 29.2 Å². The summed E-state index contributed by atoms with van der Waals surface area (Å²) in [6, 6.07) is 6.82. The number of hydrogen-bond donors (Lipinski definition) is 3. The van der Waals surface area contributed by atoms with Gasteiger partial charge in [0.15, 0.2) is 0 Å². The van der Waals surface area contributed by atoms with Crippen LogP contribution < -0.4 is 5.32 Å². The first-order valence-corrected chi connectivity index (χ1v) is 6.09. The van der Waals surface area contributed by atoms with E-state index in [4.69, 9.17) is 21.8 Å². The molecule has 0 spiro atoms. The molecule has 0 saturated carbocycles. The molecule has 0 saturated heterocycles. The highest BCUT2D eigenvalue weighted by Crippen LogP contribution is 2.24. The monoisotopic (exact) mass is 309 g/mol. The van der Waals surface area contributed by atoms with Crippen LogP contribution in [0.2, 0.25) is 5.02 Å². The lowest BCUT2D eigenvalue weighted by Crippen LogP contribution is -2.14. The Bertz CT molecular complexity index is 733. The number of hydrogen-bond acceptors (Lipinski definition) is 3. The van der Waals surface area contributed by atoms with Gasteiger partial charge in [-0.1, -0.05) is 11.6 Å². The summed E-state index contributed by atoms with van der Waals surface area (Å²) < 4.78 is 13.6. The Morgan fingerprint density at radius 3 is 2.48 bits per heavy atom. The Morgan fingerprint density at radius 1 is 1.14 bits per heavy atom. The van der Waals surface area contributed by atoms with E-state index in [0.717, 1.165) is 18.2 Å². The fourth-order valence-corrected chi connectivity index (χ4v) is 1.80. The number of rotatable bonds is 3. The largest absolute Gasteiger partial charge is 0.508 e. The summed E-state index contributed by atoms with van der Waals surface area (Å²) in [5, 5.41) is 20.4. The number of amides is 1. The van der Waals surface area contributed by atoms with Crippen LogP contribution in [0.3, 0.4) is 0 Å². The van der Waals surface area contributed by atoms with Crippen LogP contribution >= 0.6 is 11.6 Å². The van der Waals surface area contributed by atoms with Crippen molar-refractivity contribution in [1.82, 2.24) is 0 Å². The van der Waals surface area contributed by atoms with E-state index in [0.29, 0.717) is 0 Å². The molecule has 0 radical (unpaired) electrons. The molecule has 0 heterocycles. The third-order valence-electron chi connectivity index (χ3n) is 2.66. The highest BCUT2D eigenvalue weighted by Gasteiger charge is 2.15. The van der Waals surface area contributed by atoms with Crippen LogP contribution in [0.4, 0.5) is 10.1 Å². The predicted molar refractivity (Wildman–Crippen MR) is 74.4 cm³/mol. The van der Waals surface area contributed by atoms with Gasteiger partial charge in [-0.25, -0.2) is 9.18 Å². The molecular formula is C14H9ClFNO4. The average molecular weight is 310 g/mol. The minimum Gasteiger partial charge on any atom is -0.508 e. The maximum absolute atomic E-state index is 13.6. The molecule has 108 valence electrons. The van der Waals surface area contributed by atoms with Crippen molar-refractivity contribution in [3.05, 3.63) is 58.4 Å². The SMILES string of the molecule is O=C(O)c1ccc(Cl)c(NC(=O)c2ccc(O)cc2F)c1. The molecular weight excluding hydrogens is 301 g/mol. The van der Waals surface area contributed by atoms with Gasteiger partial charge in [0.1, 0.15) is 11.6 Å². The Morgan fingerprint density at radius 2 is 1.86 bits per heavy atom. The molecule has 0 aromatic heterocycles. The molecule has 0 aliphatic carbocycles. The normalized spacial score (nSPS) is 10.2. The standard InChI is InChI=1S/C14H9ClFNO4/c15-10-4-1-7(14(20)21)5-12(10)17-13(19)9-3-2-8(18)6-11(9)16/h1-6,18H,(H,17,19)(H,20,21). The van der Waals surface area contributed by atoms with Gasteiger partial charge in [0.25, 0.3) is 5.91 Å². The summed E-state index contributed by atoms with van der Waals surface area (Å²) >= 11 is 5.86. The number of aromatic hydroxyl groups is 1. The van der Waals surface area contributed by atoms with Crippen LogP contribution in [-0.2, 0) is 0 Å². The maximum Gasteiger partial charge on any atom is 0.335 e. The van der Waals surface area contributed by atoms with E-state index >= 15 is 0 Å². The first-order valence-electron chi connectivity index (χ1n) is 5.71. The number of nitrogens with one attached hydrogen (secondary N) is 1. The molecule has 3 N–H and O–H groups in total. The molecule has 2 aromatic rings. The molecule has 0 atom stereocenters. The number of halogens is 2. The Balaban J connectivity index is 2.31. The number of carboxylic acids is 1. The summed E-state index contributed by atoms with van der Waals surface area (Å²) in [5.41, 5.74) is -0.320. The van der Waals surface area contributed by atoms with Crippen LogP contribution in [0.1, 0.15) is 20.7 Å². The summed E-state index contributed by atoms with van der Waals surface area (Å²) in [5.74, 6) is -3.21. The van der Waals surface area contributed by atoms with E-state index in [1.54, 1.807) is 0 Å². The fourth-order valence-electron chi connectivity index (χ4n) is 1.63. The van der Waals surface area contributed by atoms with Gasteiger partial charge in [0, 0.05) is 6.07 Å². The minimum absolute atomic E-state index is 0.0500. The van der Waals surface area contributed by atoms with Gasteiger partial charge in [-0.3, -0.25) is 4.79 Å². The first-order chi connectivity index (χ1) is 9.88. The third-order valence-corrected chi connectivity index (χ3v) is 2.99. The van der Waals surface area contributed by atoms with Gasteiger partial charge < -0.3 is 15.5 Å². The number of carbonyl (C=O) groups is 2. The number of benzene rings is 2. The predicted octanol–water partition coefficient (Wildman–Crippen LogP) is 3.14. The van der Waals surface area contributed by atoms with E-state index in [2.05, 4.69) is 5.32 Å². The summed E-state index contributed by atoms with van der Waals surface area (Å²) in [7, 11) is 0. The fraction of sp³-hybridized carbons (Fsp3) is 0. The van der Waals surface area contributed by atoms with Crippen LogP contribution in [0.15, 0.2) is 36.4 Å². The molecule has 0 unspecified atom stereocenters. The zero-order chi connectivity index (χ0) is 15.6. The van der Waals surface area contributed by atoms with Gasteiger partial charge in [0.2, 0.25) is 0 Å². The number of aromatic carboxylic acids is 1. The van der Waals surface area contributed by atoms with E-state index in [1.165, 1.54) is 18.2 Å². The zero-order valence-electron chi connectivity index (χ0n) is 10.4. The molecule has 5 nitrogen and oxygen atoms in total. The van der Waals surface area contributed by atoms with Crippen molar-refractivity contribution in [2.45, 2.75) is 0 Å². The smallest absolute Gasteiger partial charge is 0.335 e. The van der Waals surface area contributed by atoms with Crippen molar-refractivity contribution in [2.75, 3.05) is 5.32 Å². The first kappa shape index (κ1) is 14.8. The molecule has 2 rings (SSSR count). The van der Waals surface area contributed by atoms with Crippen LogP contribution in [0.5, 0.6) is 5.75 Å². The van der Waals surface area contributed by atoms with Crippen molar-refractivity contribution < 1.29 is 24.2 Å². The lowest BCUT2D eigenvalue weighted by Gasteiger charge is -2.09. The van der Waals surface area contributed by atoms with Gasteiger partial charge in [-0.05, 0) is 30.3 Å². The van der Waals surface area contributed by atoms with Gasteiger partial charge in [-0.15, -0.1) is 0 Å². The van der Waals surface area contributed by atoms with Gasteiger partial charge in [0.05, 0.1) is 21.8 Å².